The molecule has 2 aromatic rings. The van der Waals surface area contributed by atoms with Crippen LogP contribution < -0.4 is 0 Å². The van der Waals surface area contributed by atoms with Gasteiger partial charge in [-0.2, -0.15) is 0 Å². The number of aryl methyl sites for hydroxylation is 1. The summed E-state index contributed by atoms with van der Waals surface area (Å²) in [5.41, 5.74) is 4.16. The number of nitrogens with zero attached hydrogens (tertiary/aromatic N) is 1. The van der Waals surface area contributed by atoms with Gasteiger partial charge in [-0.3, -0.25) is 4.90 Å². The molecule has 0 saturated carbocycles. The van der Waals surface area contributed by atoms with Gasteiger partial charge in [0, 0.05) is 35.1 Å². The molecular weight excluding hydrogens is 366 g/mol. The van der Waals surface area contributed by atoms with Gasteiger partial charge in [-0.15, -0.1) is 11.3 Å². The molecule has 0 amide bonds. The lowest BCUT2D eigenvalue weighted by Crippen LogP contribution is -2.32. The van der Waals surface area contributed by atoms with Gasteiger partial charge in [-0.1, -0.05) is 35.9 Å². The predicted molar refractivity (Wildman–Crippen MR) is 109 cm³/mol. The fraction of sp³-hybridized carbons (Fsp3) is 0.286. The van der Waals surface area contributed by atoms with Gasteiger partial charge in [0.1, 0.15) is 0 Å². The van der Waals surface area contributed by atoms with E-state index >= 15 is 0 Å². The maximum atomic E-state index is 11.2. The largest absolute Gasteiger partial charge is 0.478 e. The highest BCUT2D eigenvalue weighted by atomic mass is 35.5. The predicted octanol–water partition coefficient (Wildman–Crippen LogP) is 5.25. The first kappa shape index (κ1) is 18.9. The Morgan fingerprint density at radius 2 is 2.08 bits per heavy atom. The van der Waals surface area contributed by atoms with Crippen LogP contribution in [0.5, 0.6) is 0 Å². The Kier molecular flexibility index (Phi) is 6.30. The third kappa shape index (κ3) is 4.64. The molecule has 1 aliphatic rings. The molecule has 26 heavy (non-hydrogen) atoms. The Labute approximate surface area is 163 Å². The molecule has 3 nitrogen and oxygen atoms in total. The number of hydrogen-bond acceptors (Lipinski definition) is 3. The van der Waals surface area contributed by atoms with E-state index in [4.69, 9.17) is 11.6 Å². The maximum absolute atomic E-state index is 11.2. The Morgan fingerprint density at radius 3 is 2.73 bits per heavy atom. The van der Waals surface area contributed by atoms with E-state index in [0.29, 0.717) is 12.1 Å². The summed E-state index contributed by atoms with van der Waals surface area (Å²) in [5.74, 6) is -0.804. The highest BCUT2D eigenvalue weighted by Gasteiger charge is 2.17. The molecule has 0 spiro atoms. The number of hydrogen-bond donors (Lipinski definition) is 1. The second-order valence-electron chi connectivity index (χ2n) is 6.45. The molecule has 0 radical (unpaired) electrons. The molecule has 1 N–H and O–H groups in total. The fourth-order valence-electron chi connectivity index (χ4n) is 3.16. The van der Waals surface area contributed by atoms with Crippen molar-refractivity contribution in [3.05, 3.63) is 74.5 Å². The van der Waals surface area contributed by atoms with E-state index in [0.717, 1.165) is 36.5 Å². The van der Waals surface area contributed by atoms with Crippen molar-refractivity contribution in [2.75, 3.05) is 19.6 Å². The van der Waals surface area contributed by atoms with E-state index in [1.165, 1.54) is 16.0 Å². The lowest BCUT2D eigenvalue weighted by molar-refractivity contribution is -0.133. The minimum absolute atomic E-state index is 0.507. The summed E-state index contributed by atoms with van der Waals surface area (Å²) >= 11 is 7.79. The number of halogens is 1. The Hall–Kier alpha value is -1.88. The summed E-state index contributed by atoms with van der Waals surface area (Å²) in [4.78, 5) is 14.7. The lowest BCUT2D eigenvalue weighted by Gasteiger charge is -2.25. The van der Waals surface area contributed by atoms with Crippen LogP contribution in [0.2, 0.25) is 5.02 Å². The topological polar surface area (TPSA) is 40.5 Å². The zero-order chi connectivity index (χ0) is 18.5. The standard InChI is InChI=1S/C21H22ClNO2S/c1-15-10-13-26-20(15)19(16-6-8-18(22)9-7-16)5-3-12-23-11-2-4-17(14-23)21(24)25/h4-10,13H,2-3,11-12,14H2,1H3,(H,24,25)/b19-5-. The molecule has 2 heterocycles. The highest BCUT2D eigenvalue weighted by molar-refractivity contribution is 7.11. The van der Waals surface area contributed by atoms with Crippen LogP contribution in [0.15, 0.2) is 53.4 Å². The summed E-state index contributed by atoms with van der Waals surface area (Å²) in [7, 11) is 0. The lowest BCUT2D eigenvalue weighted by atomic mass is 10.0. The van der Waals surface area contributed by atoms with Crippen molar-refractivity contribution >= 4 is 34.5 Å². The maximum Gasteiger partial charge on any atom is 0.332 e. The molecule has 0 atom stereocenters. The molecule has 0 fully saturated rings. The quantitative estimate of drug-likeness (QED) is 0.736. The molecule has 1 aliphatic heterocycles. The minimum atomic E-state index is -0.804. The fourth-order valence-corrected chi connectivity index (χ4v) is 4.28. The second-order valence-corrected chi connectivity index (χ2v) is 7.80. The van der Waals surface area contributed by atoms with E-state index in [-0.39, 0.29) is 0 Å². The zero-order valence-corrected chi connectivity index (χ0v) is 16.3. The van der Waals surface area contributed by atoms with Gasteiger partial charge in [-0.25, -0.2) is 4.79 Å². The molecule has 1 aromatic heterocycles. The van der Waals surface area contributed by atoms with Crippen LogP contribution in [-0.4, -0.2) is 35.6 Å². The second kappa shape index (κ2) is 8.67. The molecule has 0 aliphatic carbocycles. The SMILES string of the molecule is Cc1ccsc1/C(=C\CCN1CCC=C(C(=O)O)C1)c1ccc(Cl)cc1. The molecule has 5 heteroatoms. The van der Waals surface area contributed by atoms with Gasteiger partial charge in [0.05, 0.1) is 0 Å². The van der Waals surface area contributed by atoms with Crippen molar-refractivity contribution in [3.8, 4) is 0 Å². The van der Waals surface area contributed by atoms with Gasteiger partial charge in [0.15, 0.2) is 0 Å². The third-order valence-corrected chi connectivity index (χ3v) is 5.86. The van der Waals surface area contributed by atoms with Crippen LogP contribution in [0.3, 0.4) is 0 Å². The number of benzene rings is 1. The van der Waals surface area contributed by atoms with Gasteiger partial charge in [-0.05, 0) is 60.0 Å². The first-order chi connectivity index (χ1) is 12.5. The van der Waals surface area contributed by atoms with E-state index in [1.807, 2.05) is 18.2 Å². The summed E-state index contributed by atoms with van der Waals surface area (Å²) in [5, 5.41) is 12.0. The number of thiophene rings is 1. The highest BCUT2D eigenvalue weighted by Crippen LogP contribution is 2.31. The average molecular weight is 388 g/mol. The number of aliphatic carboxylic acids is 1. The van der Waals surface area contributed by atoms with Crippen molar-refractivity contribution < 1.29 is 9.90 Å². The summed E-state index contributed by atoms with van der Waals surface area (Å²) in [6.07, 6.45) is 5.78. The zero-order valence-electron chi connectivity index (χ0n) is 14.7. The Morgan fingerprint density at radius 1 is 1.31 bits per heavy atom. The molecule has 0 bridgehead atoms. The van der Waals surface area contributed by atoms with Crippen LogP contribution >= 0.6 is 22.9 Å². The summed E-state index contributed by atoms with van der Waals surface area (Å²) in [6, 6.07) is 10.1. The first-order valence-electron chi connectivity index (χ1n) is 8.70. The van der Waals surface area contributed by atoms with Gasteiger partial charge in [0.25, 0.3) is 0 Å². The van der Waals surface area contributed by atoms with Crippen molar-refractivity contribution in [2.45, 2.75) is 19.8 Å². The van der Waals surface area contributed by atoms with Crippen molar-refractivity contribution in [1.29, 1.82) is 0 Å². The molecule has 0 saturated heterocycles. The van der Waals surface area contributed by atoms with Crippen LogP contribution in [0, 0.1) is 6.92 Å². The van der Waals surface area contributed by atoms with Gasteiger partial charge in [0.2, 0.25) is 0 Å². The number of carboxylic acids is 1. The van der Waals surface area contributed by atoms with E-state index < -0.39 is 5.97 Å². The summed E-state index contributed by atoms with van der Waals surface area (Å²) in [6.45, 7) is 4.42. The Balaban J connectivity index is 1.75. The molecule has 3 rings (SSSR count). The normalized spacial score (nSPS) is 15.8. The molecule has 136 valence electrons. The smallest absolute Gasteiger partial charge is 0.332 e. The number of carbonyl (C=O) groups is 1. The van der Waals surface area contributed by atoms with E-state index in [2.05, 4.69) is 41.5 Å². The molecule has 0 unspecified atom stereocenters. The molecule has 1 aromatic carbocycles. The monoisotopic (exact) mass is 387 g/mol. The first-order valence-corrected chi connectivity index (χ1v) is 9.95. The van der Waals surface area contributed by atoms with E-state index in [1.54, 1.807) is 11.3 Å². The summed E-state index contributed by atoms with van der Waals surface area (Å²) < 4.78 is 0. The minimum Gasteiger partial charge on any atom is -0.478 e. The third-order valence-electron chi connectivity index (χ3n) is 4.56. The average Bonchev–Trinajstić information content (AvgIpc) is 3.06. The van der Waals surface area contributed by atoms with Crippen LogP contribution in [0.1, 0.15) is 28.8 Å². The van der Waals surface area contributed by atoms with Crippen molar-refractivity contribution in [3.63, 3.8) is 0 Å². The van der Waals surface area contributed by atoms with Crippen molar-refractivity contribution in [1.82, 2.24) is 4.90 Å². The van der Waals surface area contributed by atoms with Gasteiger partial charge >= 0.3 is 5.97 Å². The van der Waals surface area contributed by atoms with Gasteiger partial charge < -0.3 is 5.11 Å². The van der Waals surface area contributed by atoms with Crippen molar-refractivity contribution in [2.24, 2.45) is 0 Å². The van der Waals surface area contributed by atoms with Crippen LogP contribution in [-0.2, 0) is 4.79 Å². The van der Waals surface area contributed by atoms with Crippen LogP contribution in [0.25, 0.3) is 5.57 Å². The van der Waals surface area contributed by atoms with Crippen LogP contribution in [0.4, 0.5) is 0 Å². The van der Waals surface area contributed by atoms with E-state index in [9.17, 15) is 9.90 Å². The number of rotatable bonds is 6. The number of carboxylic acid groups (broad SMARTS) is 1. The molecular formula is C21H22ClNO2S. The Bertz CT molecular complexity index is 836.